The minimum atomic E-state index is -0.789. The molecule has 1 aliphatic heterocycles. The first-order chi connectivity index (χ1) is 18.4. The number of carbonyl (C=O) groups excluding carboxylic acids is 3. The summed E-state index contributed by atoms with van der Waals surface area (Å²) in [7, 11) is 0. The quantitative estimate of drug-likeness (QED) is 0.163. The fraction of sp³-hybridized carbons (Fsp3) is 0.138. The molecule has 0 atom stereocenters. The third-order valence-corrected chi connectivity index (χ3v) is 7.29. The van der Waals surface area contributed by atoms with E-state index in [1.165, 1.54) is 0 Å². The molecule has 0 bridgehead atoms. The fourth-order valence-electron chi connectivity index (χ4n) is 4.27. The van der Waals surface area contributed by atoms with E-state index in [9.17, 15) is 14.4 Å². The van der Waals surface area contributed by atoms with Crippen LogP contribution in [0.4, 0.5) is 10.5 Å². The van der Waals surface area contributed by atoms with Crippen LogP contribution in [0.15, 0.2) is 89.5 Å². The monoisotopic (exact) mass is 545 g/mol. The van der Waals surface area contributed by atoms with E-state index < -0.39 is 17.8 Å². The number of fused-ring (bicyclic) bond motifs is 1. The number of barbiturate groups is 1. The van der Waals surface area contributed by atoms with E-state index in [1.807, 2.05) is 61.7 Å². The number of imide groups is 2. The van der Waals surface area contributed by atoms with Crippen molar-refractivity contribution in [2.45, 2.75) is 18.4 Å². The van der Waals surface area contributed by atoms with Gasteiger partial charge in [-0.2, -0.15) is 0 Å². The number of aromatic nitrogens is 1. The van der Waals surface area contributed by atoms with E-state index in [4.69, 9.17) is 16.3 Å². The maximum Gasteiger partial charge on any atom is 0.335 e. The Morgan fingerprint density at radius 3 is 2.45 bits per heavy atom. The molecule has 192 valence electrons. The molecule has 1 saturated heterocycles. The van der Waals surface area contributed by atoms with Gasteiger partial charge < -0.3 is 9.30 Å². The van der Waals surface area contributed by atoms with Gasteiger partial charge in [-0.05, 0) is 67.6 Å². The number of benzene rings is 3. The lowest BCUT2D eigenvalue weighted by Gasteiger charge is -2.26. The number of urea groups is 1. The van der Waals surface area contributed by atoms with Gasteiger partial charge in [-0.25, -0.2) is 9.69 Å². The molecule has 4 amide bonds. The standard InChI is InChI=1S/C29H24ClN3O4S/c1-2-37-22-11-9-21(10-12-22)33-28(35)25(27(34)31-29(33)36)17-19-18-32(26-6-4-3-5-24(19)26)15-16-38-23-13-7-20(30)8-14-23/h3-14,17-18H,2,15-16H2,1H3,(H,31,34,36)/b25-17+. The molecule has 1 aromatic heterocycles. The largest absolute Gasteiger partial charge is 0.494 e. The van der Waals surface area contributed by atoms with E-state index >= 15 is 0 Å². The van der Waals surface area contributed by atoms with Crippen molar-refractivity contribution in [1.82, 2.24) is 9.88 Å². The first-order valence-electron chi connectivity index (χ1n) is 12.0. The van der Waals surface area contributed by atoms with Crippen LogP contribution in [-0.2, 0) is 16.1 Å². The zero-order valence-electron chi connectivity index (χ0n) is 20.5. The molecule has 5 rings (SSSR count). The lowest BCUT2D eigenvalue weighted by atomic mass is 10.1. The summed E-state index contributed by atoms with van der Waals surface area (Å²) in [6.45, 7) is 3.08. The molecular formula is C29H24ClN3O4S. The first-order valence-corrected chi connectivity index (χ1v) is 13.4. The third kappa shape index (κ3) is 5.32. The summed E-state index contributed by atoms with van der Waals surface area (Å²) in [5, 5.41) is 3.89. The van der Waals surface area contributed by atoms with Gasteiger partial charge in [0.15, 0.2) is 0 Å². The molecular weight excluding hydrogens is 522 g/mol. The number of ether oxygens (including phenoxy) is 1. The highest BCUT2D eigenvalue weighted by atomic mass is 35.5. The Balaban J connectivity index is 1.42. The van der Waals surface area contributed by atoms with Gasteiger partial charge in [-0.1, -0.05) is 29.8 Å². The number of thioether (sulfide) groups is 1. The molecule has 3 aromatic carbocycles. The van der Waals surface area contributed by atoms with Gasteiger partial charge in [0.2, 0.25) is 0 Å². The Bertz CT molecular complexity index is 1540. The Morgan fingerprint density at radius 1 is 0.974 bits per heavy atom. The zero-order chi connectivity index (χ0) is 26.6. The number of aryl methyl sites for hydroxylation is 1. The molecule has 1 aliphatic rings. The number of halogens is 1. The van der Waals surface area contributed by atoms with Crippen molar-refractivity contribution in [1.29, 1.82) is 0 Å². The molecule has 0 aliphatic carbocycles. The van der Waals surface area contributed by atoms with Crippen LogP contribution in [0.5, 0.6) is 5.75 Å². The lowest BCUT2D eigenvalue weighted by Crippen LogP contribution is -2.54. The van der Waals surface area contributed by atoms with Crippen molar-refractivity contribution in [3.8, 4) is 5.75 Å². The van der Waals surface area contributed by atoms with Crippen molar-refractivity contribution in [3.05, 3.63) is 95.2 Å². The number of anilines is 1. The first kappa shape index (κ1) is 25.6. The van der Waals surface area contributed by atoms with Gasteiger partial charge in [0.25, 0.3) is 11.8 Å². The van der Waals surface area contributed by atoms with Crippen LogP contribution in [0.1, 0.15) is 12.5 Å². The summed E-state index contributed by atoms with van der Waals surface area (Å²) in [5.74, 6) is 0.0285. The Hall–Kier alpha value is -4.01. The van der Waals surface area contributed by atoms with Crippen LogP contribution >= 0.6 is 23.4 Å². The number of carbonyl (C=O) groups is 3. The van der Waals surface area contributed by atoms with E-state index in [0.29, 0.717) is 29.6 Å². The molecule has 0 saturated carbocycles. The Labute approximate surface area is 229 Å². The molecule has 7 nitrogen and oxygen atoms in total. The minimum absolute atomic E-state index is 0.114. The molecule has 4 aromatic rings. The SMILES string of the molecule is CCOc1ccc(N2C(=O)NC(=O)/C(=C\c3cn(CCSc4ccc(Cl)cc4)c4ccccc34)C2=O)cc1. The van der Waals surface area contributed by atoms with Crippen LogP contribution in [0.2, 0.25) is 5.02 Å². The lowest BCUT2D eigenvalue weighted by molar-refractivity contribution is -0.122. The van der Waals surface area contributed by atoms with E-state index in [2.05, 4.69) is 9.88 Å². The van der Waals surface area contributed by atoms with Gasteiger partial charge >= 0.3 is 6.03 Å². The zero-order valence-corrected chi connectivity index (χ0v) is 22.1. The number of amides is 4. The maximum atomic E-state index is 13.4. The molecule has 0 radical (unpaired) electrons. The van der Waals surface area contributed by atoms with Crippen LogP contribution in [0, 0.1) is 0 Å². The third-order valence-electron chi connectivity index (χ3n) is 6.04. The van der Waals surface area contributed by atoms with Crippen LogP contribution in [0.25, 0.3) is 17.0 Å². The molecule has 2 heterocycles. The average molecular weight is 546 g/mol. The highest BCUT2D eigenvalue weighted by Crippen LogP contribution is 2.28. The maximum absolute atomic E-state index is 13.4. The fourth-order valence-corrected chi connectivity index (χ4v) is 5.25. The molecule has 38 heavy (non-hydrogen) atoms. The summed E-state index contributed by atoms with van der Waals surface area (Å²) in [6, 6.07) is 21.3. The number of rotatable bonds is 8. The predicted molar refractivity (Wildman–Crippen MR) is 151 cm³/mol. The Morgan fingerprint density at radius 2 is 1.71 bits per heavy atom. The summed E-state index contributed by atoms with van der Waals surface area (Å²) in [6.07, 6.45) is 3.48. The van der Waals surface area contributed by atoms with E-state index in [0.717, 1.165) is 32.0 Å². The molecule has 0 spiro atoms. The van der Waals surface area contributed by atoms with Crippen LogP contribution in [0.3, 0.4) is 0 Å². The number of hydrogen-bond donors (Lipinski definition) is 1. The highest BCUT2D eigenvalue weighted by molar-refractivity contribution is 7.99. The smallest absolute Gasteiger partial charge is 0.335 e. The van der Waals surface area contributed by atoms with Crippen LogP contribution < -0.4 is 15.0 Å². The summed E-state index contributed by atoms with van der Waals surface area (Å²) < 4.78 is 7.54. The van der Waals surface area contributed by atoms with Crippen molar-refractivity contribution in [3.63, 3.8) is 0 Å². The highest BCUT2D eigenvalue weighted by Gasteiger charge is 2.37. The second kappa shape index (κ2) is 11.2. The van der Waals surface area contributed by atoms with Gasteiger partial charge in [0.05, 0.1) is 12.3 Å². The van der Waals surface area contributed by atoms with Crippen molar-refractivity contribution < 1.29 is 19.1 Å². The van der Waals surface area contributed by atoms with Crippen molar-refractivity contribution in [2.24, 2.45) is 0 Å². The molecule has 9 heteroatoms. The van der Waals surface area contributed by atoms with Gasteiger partial charge in [0.1, 0.15) is 11.3 Å². The van der Waals surface area contributed by atoms with Crippen molar-refractivity contribution in [2.75, 3.05) is 17.3 Å². The second-order valence-electron chi connectivity index (χ2n) is 8.48. The summed E-state index contributed by atoms with van der Waals surface area (Å²) >= 11 is 7.70. The number of nitrogens with zero attached hydrogens (tertiary/aromatic N) is 2. The molecule has 1 N–H and O–H groups in total. The summed E-state index contributed by atoms with van der Waals surface area (Å²) in [5.41, 5.74) is 1.93. The number of nitrogens with one attached hydrogen (secondary N) is 1. The second-order valence-corrected chi connectivity index (χ2v) is 10.1. The number of para-hydroxylation sites is 1. The van der Waals surface area contributed by atoms with Crippen molar-refractivity contribution >= 4 is 63.9 Å². The van der Waals surface area contributed by atoms with Crippen LogP contribution in [-0.4, -0.2) is 34.8 Å². The van der Waals surface area contributed by atoms with E-state index in [-0.39, 0.29) is 5.57 Å². The number of hydrogen-bond acceptors (Lipinski definition) is 5. The average Bonchev–Trinajstić information content (AvgIpc) is 3.26. The topological polar surface area (TPSA) is 80.6 Å². The Kier molecular flexibility index (Phi) is 7.53. The van der Waals surface area contributed by atoms with Gasteiger partial charge in [-0.15, -0.1) is 11.8 Å². The van der Waals surface area contributed by atoms with Gasteiger partial charge in [0, 0.05) is 44.9 Å². The summed E-state index contributed by atoms with van der Waals surface area (Å²) in [4.78, 5) is 40.8. The van der Waals surface area contributed by atoms with Gasteiger partial charge in [-0.3, -0.25) is 14.9 Å². The van der Waals surface area contributed by atoms with E-state index in [1.54, 1.807) is 42.1 Å². The predicted octanol–water partition coefficient (Wildman–Crippen LogP) is 6.15. The molecule has 1 fully saturated rings. The normalized spacial score (nSPS) is 14.8. The molecule has 0 unspecified atom stereocenters. The minimum Gasteiger partial charge on any atom is -0.494 e.